The molecule has 0 spiro atoms. The highest BCUT2D eigenvalue weighted by atomic mass is 32.1. The average Bonchev–Trinajstić information content (AvgIpc) is 2.96. The Balaban J connectivity index is 2.16. The Morgan fingerprint density at radius 1 is 1.28 bits per heavy atom. The monoisotopic (exact) mass is 359 g/mol. The van der Waals surface area contributed by atoms with Crippen LogP contribution in [-0.2, 0) is 11.2 Å². The zero-order chi connectivity index (χ0) is 18.6. The van der Waals surface area contributed by atoms with Gasteiger partial charge in [0.05, 0.1) is 16.5 Å². The lowest BCUT2D eigenvalue weighted by atomic mass is 9.91. The molecule has 1 aromatic heterocycles. The second kappa shape index (κ2) is 7.83. The van der Waals surface area contributed by atoms with Gasteiger partial charge in [-0.15, -0.1) is 11.3 Å². The first-order chi connectivity index (χ1) is 11.7. The minimum absolute atomic E-state index is 0.110. The third-order valence-electron chi connectivity index (χ3n) is 3.97. The van der Waals surface area contributed by atoms with Crippen LogP contribution in [0.1, 0.15) is 47.1 Å². The summed E-state index contributed by atoms with van der Waals surface area (Å²) in [4.78, 5) is 24.8. The standard InChI is InChI=1S/C20H25NO3S/c1-13(2)24-17-7-6-16(15(4)10-17)11-20(5,12-22)21-19(23)18-14(3)8-9-25-18/h6-10,12-13H,11H2,1-5H3,(H,21,23). The van der Waals surface area contributed by atoms with Crippen LogP contribution in [0.15, 0.2) is 29.6 Å². The molecule has 2 aromatic rings. The van der Waals surface area contributed by atoms with Crippen LogP contribution < -0.4 is 10.1 Å². The predicted octanol–water partition coefficient (Wildman–Crippen LogP) is 4.08. The van der Waals surface area contributed by atoms with Crippen LogP contribution in [0.3, 0.4) is 0 Å². The van der Waals surface area contributed by atoms with Crippen molar-refractivity contribution in [3.63, 3.8) is 0 Å². The van der Waals surface area contributed by atoms with Crippen LogP contribution in [0.4, 0.5) is 0 Å². The maximum absolute atomic E-state index is 12.5. The van der Waals surface area contributed by atoms with E-state index in [2.05, 4.69) is 5.32 Å². The molecule has 4 nitrogen and oxygen atoms in total. The molecule has 1 heterocycles. The van der Waals surface area contributed by atoms with Crippen molar-refractivity contribution >= 4 is 23.5 Å². The van der Waals surface area contributed by atoms with Gasteiger partial charge in [0.15, 0.2) is 0 Å². The van der Waals surface area contributed by atoms with Crippen LogP contribution in [0, 0.1) is 13.8 Å². The molecule has 25 heavy (non-hydrogen) atoms. The highest BCUT2D eigenvalue weighted by molar-refractivity contribution is 7.12. The van der Waals surface area contributed by atoms with E-state index in [1.165, 1.54) is 11.3 Å². The van der Waals surface area contributed by atoms with E-state index in [0.717, 1.165) is 28.7 Å². The van der Waals surface area contributed by atoms with Crippen LogP contribution in [-0.4, -0.2) is 23.8 Å². The summed E-state index contributed by atoms with van der Waals surface area (Å²) in [7, 11) is 0. The van der Waals surface area contributed by atoms with Crippen molar-refractivity contribution < 1.29 is 14.3 Å². The quantitative estimate of drug-likeness (QED) is 0.758. The molecule has 5 heteroatoms. The van der Waals surface area contributed by atoms with Gasteiger partial charge in [-0.1, -0.05) is 6.07 Å². The summed E-state index contributed by atoms with van der Waals surface area (Å²) in [6.07, 6.45) is 1.35. The number of amides is 1. The lowest BCUT2D eigenvalue weighted by Crippen LogP contribution is -2.49. The van der Waals surface area contributed by atoms with Gasteiger partial charge >= 0.3 is 0 Å². The van der Waals surface area contributed by atoms with Crippen molar-refractivity contribution in [2.24, 2.45) is 0 Å². The molecule has 0 radical (unpaired) electrons. The number of ether oxygens (including phenoxy) is 1. The third kappa shape index (κ3) is 4.92. The van der Waals surface area contributed by atoms with E-state index >= 15 is 0 Å². The van der Waals surface area contributed by atoms with Crippen LogP contribution >= 0.6 is 11.3 Å². The van der Waals surface area contributed by atoms with E-state index in [1.807, 2.05) is 57.3 Å². The Labute approximate surface area is 153 Å². The van der Waals surface area contributed by atoms with Crippen molar-refractivity contribution in [2.75, 3.05) is 0 Å². The lowest BCUT2D eigenvalue weighted by Gasteiger charge is -2.26. The van der Waals surface area contributed by atoms with Crippen molar-refractivity contribution in [3.8, 4) is 5.75 Å². The van der Waals surface area contributed by atoms with Crippen molar-refractivity contribution in [2.45, 2.75) is 52.7 Å². The van der Waals surface area contributed by atoms with E-state index in [9.17, 15) is 9.59 Å². The fraction of sp³-hybridized carbons (Fsp3) is 0.400. The molecule has 1 N–H and O–H groups in total. The highest BCUT2D eigenvalue weighted by Crippen LogP contribution is 2.23. The molecule has 0 aliphatic carbocycles. The number of hydrogen-bond donors (Lipinski definition) is 1. The van der Waals surface area contributed by atoms with Gasteiger partial charge in [-0.05, 0) is 74.9 Å². The number of benzene rings is 1. The van der Waals surface area contributed by atoms with Crippen LogP contribution in [0.2, 0.25) is 0 Å². The Hall–Kier alpha value is -2.14. The minimum Gasteiger partial charge on any atom is -0.491 e. The smallest absolute Gasteiger partial charge is 0.262 e. The van der Waals surface area contributed by atoms with Crippen molar-refractivity contribution in [1.29, 1.82) is 0 Å². The number of carbonyl (C=O) groups excluding carboxylic acids is 2. The molecule has 0 saturated carbocycles. The van der Waals surface area contributed by atoms with Gasteiger partial charge in [0.1, 0.15) is 12.0 Å². The fourth-order valence-corrected chi connectivity index (χ4v) is 3.46. The zero-order valence-electron chi connectivity index (χ0n) is 15.4. The maximum Gasteiger partial charge on any atom is 0.262 e. The maximum atomic E-state index is 12.5. The first-order valence-electron chi connectivity index (χ1n) is 8.33. The van der Waals surface area contributed by atoms with Gasteiger partial charge in [0, 0.05) is 6.42 Å². The summed E-state index contributed by atoms with van der Waals surface area (Å²) in [5, 5.41) is 4.76. The minimum atomic E-state index is -0.960. The molecule has 2 rings (SSSR count). The molecular formula is C20H25NO3S. The molecular weight excluding hydrogens is 334 g/mol. The summed E-state index contributed by atoms with van der Waals surface area (Å²) in [6.45, 7) is 9.59. The molecule has 1 atom stereocenters. The van der Waals surface area contributed by atoms with Gasteiger partial charge in [0.25, 0.3) is 5.91 Å². The Morgan fingerprint density at radius 3 is 2.52 bits per heavy atom. The Morgan fingerprint density at radius 2 is 2.00 bits per heavy atom. The second-order valence-corrected chi connectivity index (χ2v) is 7.77. The van der Waals surface area contributed by atoms with Gasteiger partial charge < -0.3 is 14.8 Å². The van der Waals surface area contributed by atoms with E-state index in [-0.39, 0.29) is 12.0 Å². The summed E-state index contributed by atoms with van der Waals surface area (Å²) >= 11 is 1.38. The molecule has 0 bridgehead atoms. The topological polar surface area (TPSA) is 55.4 Å². The number of carbonyl (C=O) groups is 2. The highest BCUT2D eigenvalue weighted by Gasteiger charge is 2.28. The van der Waals surface area contributed by atoms with Crippen LogP contribution in [0.5, 0.6) is 5.75 Å². The second-order valence-electron chi connectivity index (χ2n) is 6.85. The van der Waals surface area contributed by atoms with E-state index < -0.39 is 5.54 Å². The number of rotatable bonds is 7. The number of hydrogen-bond acceptors (Lipinski definition) is 4. The Bertz CT molecular complexity index is 766. The number of nitrogens with one attached hydrogen (secondary N) is 1. The summed E-state index contributed by atoms with van der Waals surface area (Å²) in [6, 6.07) is 7.72. The molecule has 1 aromatic carbocycles. The number of aryl methyl sites for hydroxylation is 2. The summed E-state index contributed by atoms with van der Waals surface area (Å²) in [5.41, 5.74) is 2.00. The number of aldehydes is 1. The summed E-state index contributed by atoms with van der Waals surface area (Å²) in [5.74, 6) is 0.599. The van der Waals surface area contributed by atoms with Crippen molar-refractivity contribution in [1.82, 2.24) is 5.32 Å². The van der Waals surface area contributed by atoms with Gasteiger partial charge in [-0.2, -0.15) is 0 Å². The fourth-order valence-electron chi connectivity index (χ4n) is 2.64. The first kappa shape index (κ1) is 19.2. The van der Waals surface area contributed by atoms with E-state index in [4.69, 9.17) is 4.74 Å². The normalized spacial score (nSPS) is 13.4. The molecule has 0 aliphatic heterocycles. The number of thiophene rings is 1. The largest absolute Gasteiger partial charge is 0.491 e. The average molecular weight is 359 g/mol. The van der Waals surface area contributed by atoms with Gasteiger partial charge in [-0.25, -0.2) is 0 Å². The lowest BCUT2D eigenvalue weighted by molar-refractivity contribution is -0.112. The molecule has 0 aliphatic rings. The Kier molecular flexibility index (Phi) is 6.01. The van der Waals surface area contributed by atoms with Crippen LogP contribution in [0.25, 0.3) is 0 Å². The molecule has 1 amide bonds. The predicted molar refractivity (Wildman–Crippen MR) is 102 cm³/mol. The molecule has 134 valence electrons. The van der Waals surface area contributed by atoms with Crippen molar-refractivity contribution in [3.05, 3.63) is 51.2 Å². The van der Waals surface area contributed by atoms with Gasteiger partial charge in [-0.3, -0.25) is 4.79 Å². The molecule has 0 saturated heterocycles. The molecule has 0 fully saturated rings. The summed E-state index contributed by atoms with van der Waals surface area (Å²) < 4.78 is 5.70. The zero-order valence-corrected chi connectivity index (χ0v) is 16.2. The van der Waals surface area contributed by atoms with E-state index in [1.54, 1.807) is 6.92 Å². The third-order valence-corrected chi connectivity index (χ3v) is 4.99. The van der Waals surface area contributed by atoms with E-state index in [0.29, 0.717) is 11.3 Å². The molecule has 1 unspecified atom stereocenters. The first-order valence-corrected chi connectivity index (χ1v) is 9.21. The SMILES string of the molecule is Cc1cc(OC(C)C)ccc1CC(C)(C=O)NC(=O)c1sccc1C. The van der Waals surface area contributed by atoms with Gasteiger partial charge in [0.2, 0.25) is 0 Å².